The number of ether oxygens (including phenoxy) is 1. The normalized spacial score (nSPS) is 12.0. The highest BCUT2D eigenvalue weighted by Gasteiger charge is 2.21. The lowest BCUT2D eigenvalue weighted by Gasteiger charge is -2.22. The van der Waals surface area contributed by atoms with Gasteiger partial charge in [0.05, 0.1) is 18.7 Å². The molecule has 2 aromatic heterocycles. The van der Waals surface area contributed by atoms with Crippen molar-refractivity contribution in [2.24, 2.45) is 0 Å². The van der Waals surface area contributed by atoms with Gasteiger partial charge in [0.25, 0.3) is 0 Å². The van der Waals surface area contributed by atoms with Gasteiger partial charge in [0.15, 0.2) is 17.4 Å². The van der Waals surface area contributed by atoms with Crippen LogP contribution >= 0.6 is 0 Å². The Balaban J connectivity index is 2.06. The van der Waals surface area contributed by atoms with E-state index in [0.717, 1.165) is 12.1 Å². The van der Waals surface area contributed by atoms with E-state index in [-0.39, 0.29) is 40.3 Å². The maximum Gasteiger partial charge on any atom is 0.338 e. The molecular formula is C19H19F2N5O3. The van der Waals surface area contributed by atoms with Crippen molar-refractivity contribution in [1.82, 2.24) is 20.3 Å². The van der Waals surface area contributed by atoms with Crippen LogP contribution in [0.25, 0.3) is 11.0 Å². The number of anilines is 1. The van der Waals surface area contributed by atoms with Crippen molar-refractivity contribution in [2.75, 3.05) is 25.5 Å². The summed E-state index contributed by atoms with van der Waals surface area (Å²) in [6.45, 7) is 2.73. The van der Waals surface area contributed by atoms with Crippen molar-refractivity contribution < 1.29 is 23.4 Å². The van der Waals surface area contributed by atoms with Gasteiger partial charge in [-0.25, -0.2) is 23.5 Å². The molecule has 0 fully saturated rings. The predicted octanol–water partition coefficient (Wildman–Crippen LogP) is 2.77. The molecule has 8 nitrogen and oxygen atoms in total. The third kappa shape index (κ3) is 4.21. The minimum absolute atomic E-state index is 0.0367. The molecule has 0 saturated carbocycles. The van der Waals surface area contributed by atoms with Crippen LogP contribution in [0, 0.1) is 11.6 Å². The average molecular weight is 403 g/mol. The summed E-state index contributed by atoms with van der Waals surface area (Å²) in [6.07, 6.45) is 2.52. The smallest absolute Gasteiger partial charge is 0.338 e. The third-order valence-electron chi connectivity index (χ3n) is 4.31. The monoisotopic (exact) mass is 403 g/mol. The number of nitrogens with zero attached hydrogens (tertiary/aromatic N) is 3. The Hall–Kier alpha value is -3.40. The minimum Gasteiger partial charge on any atom is -0.494 e. The minimum atomic E-state index is -1.16. The van der Waals surface area contributed by atoms with Crippen LogP contribution in [0.3, 0.4) is 0 Å². The number of aromatic carboxylic acids is 1. The van der Waals surface area contributed by atoms with Crippen LogP contribution in [0.1, 0.15) is 28.9 Å². The lowest BCUT2D eigenvalue weighted by Crippen LogP contribution is -2.27. The molecule has 0 radical (unpaired) electrons. The zero-order chi connectivity index (χ0) is 21.0. The number of carboxylic acid groups (broad SMARTS) is 1. The van der Waals surface area contributed by atoms with Crippen LogP contribution < -0.4 is 15.4 Å². The molecule has 29 heavy (non-hydrogen) atoms. The van der Waals surface area contributed by atoms with Gasteiger partial charge in [0.2, 0.25) is 0 Å². The van der Waals surface area contributed by atoms with Crippen LogP contribution in [0.4, 0.5) is 14.6 Å². The van der Waals surface area contributed by atoms with Crippen molar-refractivity contribution in [2.45, 2.75) is 13.0 Å². The molecule has 10 heteroatoms. The number of pyridine rings is 1. The fourth-order valence-electron chi connectivity index (χ4n) is 2.90. The molecule has 0 unspecified atom stereocenters. The number of benzene rings is 1. The lowest BCUT2D eigenvalue weighted by atomic mass is 10.0. The molecule has 3 aromatic rings. The number of nitrogens with one attached hydrogen (secondary N) is 2. The van der Waals surface area contributed by atoms with Gasteiger partial charge in [-0.3, -0.25) is 4.98 Å². The van der Waals surface area contributed by atoms with Crippen LogP contribution in [-0.4, -0.2) is 46.2 Å². The van der Waals surface area contributed by atoms with E-state index >= 15 is 0 Å². The summed E-state index contributed by atoms with van der Waals surface area (Å²) in [6, 6.07) is 2.65. The second kappa shape index (κ2) is 8.74. The second-order valence-corrected chi connectivity index (χ2v) is 6.10. The summed E-state index contributed by atoms with van der Waals surface area (Å²) < 4.78 is 33.7. The summed E-state index contributed by atoms with van der Waals surface area (Å²) in [5, 5.41) is 15.5. The first-order valence-electron chi connectivity index (χ1n) is 8.79. The molecule has 0 aliphatic carbocycles. The van der Waals surface area contributed by atoms with Gasteiger partial charge in [-0.2, -0.15) is 0 Å². The highest BCUT2D eigenvalue weighted by Crippen LogP contribution is 2.29. The van der Waals surface area contributed by atoms with Gasteiger partial charge < -0.3 is 20.5 Å². The number of halogens is 2. The van der Waals surface area contributed by atoms with E-state index in [0.29, 0.717) is 6.54 Å². The van der Waals surface area contributed by atoms with Gasteiger partial charge in [0, 0.05) is 24.4 Å². The van der Waals surface area contributed by atoms with E-state index in [9.17, 15) is 18.7 Å². The largest absolute Gasteiger partial charge is 0.494 e. The average Bonchev–Trinajstić information content (AvgIpc) is 2.72. The van der Waals surface area contributed by atoms with E-state index in [4.69, 9.17) is 4.74 Å². The Morgan fingerprint density at radius 3 is 2.69 bits per heavy atom. The van der Waals surface area contributed by atoms with Crippen molar-refractivity contribution in [3.05, 3.63) is 53.5 Å². The van der Waals surface area contributed by atoms with Gasteiger partial charge in [-0.15, -0.1) is 0 Å². The van der Waals surface area contributed by atoms with Crippen LogP contribution in [-0.2, 0) is 0 Å². The maximum absolute atomic E-state index is 14.6. The zero-order valence-electron chi connectivity index (χ0n) is 15.7. The molecule has 0 spiro atoms. The fourth-order valence-corrected chi connectivity index (χ4v) is 2.90. The zero-order valence-corrected chi connectivity index (χ0v) is 15.7. The number of fused-ring (bicyclic) bond motifs is 1. The Morgan fingerprint density at radius 1 is 1.21 bits per heavy atom. The van der Waals surface area contributed by atoms with Gasteiger partial charge in [-0.1, -0.05) is 6.92 Å². The summed E-state index contributed by atoms with van der Waals surface area (Å²) in [7, 11) is 1.25. The Bertz CT molecular complexity index is 1050. The topological polar surface area (TPSA) is 109 Å². The second-order valence-electron chi connectivity index (χ2n) is 6.10. The first-order valence-corrected chi connectivity index (χ1v) is 8.79. The number of rotatable bonds is 8. The number of carboxylic acids is 1. The van der Waals surface area contributed by atoms with E-state index in [2.05, 4.69) is 25.6 Å². The number of likely N-dealkylation sites (N-methyl/N-ethyl adjacent to an activating group) is 1. The SMILES string of the molecule is CCNC[C@@H](Nc1ncnc2c(C(=O)O)ccnc12)c1cc(F)c(OC)cc1F. The van der Waals surface area contributed by atoms with Crippen molar-refractivity contribution >= 4 is 22.8 Å². The Morgan fingerprint density at radius 2 is 2.00 bits per heavy atom. The van der Waals surface area contributed by atoms with Gasteiger partial charge >= 0.3 is 5.97 Å². The standard InChI is InChI=1S/C19H19F2N5O3/c1-3-22-8-14(11-6-13(21)15(29-2)7-12(11)20)26-18-17-16(24-9-25-18)10(19(27)28)4-5-23-17/h4-7,9,14,22H,3,8H2,1-2H3,(H,27,28)(H,24,25,26)/t14-/m1/s1. The van der Waals surface area contributed by atoms with E-state index in [1.54, 1.807) is 0 Å². The lowest BCUT2D eigenvalue weighted by molar-refractivity contribution is 0.0698. The molecule has 0 saturated heterocycles. The van der Waals surface area contributed by atoms with E-state index in [1.165, 1.54) is 25.7 Å². The molecular weight excluding hydrogens is 384 g/mol. The molecule has 152 valence electrons. The molecule has 1 atom stereocenters. The number of carbonyl (C=O) groups is 1. The highest BCUT2D eigenvalue weighted by molar-refractivity contribution is 6.02. The Kier molecular flexibility index (Phi) is 6.13. The summed E-state index contributed by atoms with van der Waals surface area (Å²) >= 11 is 0. The maximum atomic E-state index is 14.6. The fraction of sp³-hybridized carbons (Fsp3) is 0.263. The van der Waals surface area contributed by atoms with Crippen LogP contribution in [0.15, 0.2) is 30.7 Å². The van der Waals surface area contributed by atoms with Crippen molar-refractivity contribution in [1.29, 1.82) is 0 Å². The molecule has 3 rings (SSSR count). The predicted molar refractivity (Wildman–Crippen MR) is 102 cm³/mol. The number of methoxy groups -OCH3 is 1. The first-order chi connectivity index (χ1) is 14.0. The highest BCUT2D eigenvalue weighted by atomic mass is 19.1. The molecule has 3 N–H and O–H groups in total. The molecule has 0 aliphatic rings. The van der Waals surface area contributed by atoms with Crippen LogP contribution in [0.5, 0.6) is 5.75 Å². The molecule has 2 heterocycles. The van der Waals surface area contributed by atoms with Crippen molar-refractivity contribution in [3.63, 3.8) is 0 Å². The third-order valence-corrected chi connectivity index (χ3v) is 4.31. The first kappa shape index (κ1) is 20.3. The number of aromatic nitrogens is 3. The number of hydrogen-bond acceptors (Lipinski definition) is 7. The summed E-state index contributed by atoms with van der Waals surface area (Å²) in [4.78, 5) is 23.7. The summed E-state index contributed by atoms with van der Waals surface area (Å²) in [5.41, 5.74) is 0.375. The van der Waals surface area contributed by atoms with E-state index in [1.807, 2.05) is 6.92 Å². The summed E-state index contributed by atoms with van der Waals surface area (Å²) in [5.74, 6) is -2.51. The van der Waals surface area contributed by atoms with Crippen LogP contribution in [0.2, 0.25) is 0 Å². The van der Waals surface area contributed by atoms with Gasteiger partial charge in [0.1, 0.15) is 23.2 Å². The van der Waals surface area contributed by atoms with E-state index < -0.39 is 23.6 Å². The quantitative estimate of drug-likeness (QED) is 0.527. The molecule has 0 amide bonds. The van der Waals surface area contributed by atoms with Crippen molar-refractivity contribution in [3.8, 4) is 5.75 Å². The Labute approximate surface area is 165 Å². The molecule has 1 aromatic carbocycles. The number of hydrogen-bond donors (Lipinski definition) is 3. The molecule has 0 aliphatic heterocycles. The molecule has 0 bridgehead atoms. The van der Waals surface area contributed by atoms with Gasteiger partial charge in [-0.05, 0) is 18.7 Å².